The molecule has 0 unspecified atom stereocenters. The monoisotopic (exact) mass is 264 g/mol. The van der Waals surface area contributed by atoms with E-state index < -0.39 is 0 Å². The van der Waals surface area contributed by atoms with Gasteiger partial charge >= 0.3 is 0 Å². The van der Waals surface area contributed by atoms with E-state index in [1.807, 2.05) is 21.7 Å². The van der Waals surface area contributed by atoms with Gasteiger partial charge in [-0.3, -0.25) is 4.79 Å². The van der Waals surface area contributed by atoms with Gasteiger partial charge < -0.3 is 9.47 Å². The second-order valence-electron chi connectivity index (χ2n) is 4.44. The first-order chi connectivity index (χ1) is 8.74. The van der Waals surface area contributed by atoms with Crippen LogP contribution in [0.4, 0.5) is 0 Å². The standard InChI is InChI=1S/C12H13ClN4O/c13-10-8-9-3-5-17(12(9)15-14-10)7-6-16-4-1-2-11(16)18/h3,5,8H,1-2,4,6-7H2. The van der Waals surface area contributed by atoms with E-state index in [2.05, 4.69) is 10.2 Å². The topological polar surface area (TPSA) is 51.0 Å². The molecule has 2 aromatic rings. The normalized spacial score (nSPS) is 15.8. The third kappa shape index (κ3) is 2.06. The maximum Gasteiger partial charge on any atom is 0.222 e. The molecule has 1 aliphatic heterocycles. The Morgan fingerprint density at radius 3 is 3.00 bits per heavy atom. The van der Waals surface area contributed by atoms with Crippen LogP contribution < -0.4 is 0 Å². The number of hydrogen-bond donors (Lipinski definition) is 0. The molecule has 0 aromatic carbocycles. The van der Waals surface area contributed by atoms with Gasteiger partial charge in [-0.15, -0.1) is 10.2 Å². The summed E-state index contributed by atoms with van der Waals surface area (Å²) >= 11 is 5.79. The second-order valence-corrected chi connectivity index (χ2v) is 4.83. The van der Waals surface area contributed by atoms with E-state index in [0.717, 1.165) is 37.1 Å². The molecule has 3 heterocycles. The first kappa shape index (κ1) is 11.5. The van der Waals surface area contributed by atoms with Crippen molar-refractivity contribution in [3.63, 3.8) is 0 Å². The second kappa shape index (κ2) is 4.57. The predicted octanol–water partition coefficient (Wildman–Crippen LogP) is 1.71. The summed E-state index contributed by atoms with van der Waals surface area (Å²) < 4.78 is 2.00. The Morgan fingerprint density at radius 1 is 1.33 bits per heavy atom. The molecule has 1 saturated heterocycles. The van der Waals surface area contributed by atoms with Crippen molar-refractivity contribution < 1.29 is 4.79 Å². The van der Waals surface area contributed by atoms with Gasteiger partial charge in [0, 0.05) is 37.6 Å². The van der Waals surface area contributed by atoms with Crippen LogP contribution in [0.3, 0.4) is 0 Å². The van der Waals surface area contributed by atoms with Gasteiger partial charge in [0.2, 0.25) is 5.91 Å². The first-order valence-electron chi connectivity index (χ1n) is 6.00. The minimum absolute atomic E-state index is 0.251. The van der Waals surface area contributed by atoms with Crippen LogP contribution >= 0.6 is 11.6 Å². The van der Waals surface area contributed by atoms with Crippen LogP contribution in [0.5, 0.6) is 0 Å². The molecule has 3 rings (SSSR count). The van der Waals surface area contributed by atoms with E-state index in [1.54, 1.807) is 6.07 Å². The maximum atomic E-state index is 11.5. The number of carbonyl (C=O) groups excluding carboxylic acids is 1. The molecule has 1 fully saturated rings. The van der Waals surface area contributed by atoms with E-state index >= 15 is 0 Å². The van der Waals surface area contributed by atoms with Crippen molar-refractivity contribution in [2.75, 3.05) is 13.1 Å². The van der Waals surface area contributed by atoms with Gasteiger partial charge in [0.05, 0.1) is 0 Å². The van der Waals surface area contributed by atoms with Gasteiger partial charge in [-0.05, 0) is 18.6 Å². The highest BCUT2D eigenvalue weighted by atomic mass is 35.5. The van der Waals surface area contributed by atoms with Crippen LogP contribution in [0.2, 0.25) is 5.15 Å². The number of fused-ring (bicyclic) bond motifs is 1. The van der Waals surface area contributed by atoms with Crippen molar-refractivity contribution in [3.8, 4) is 0 Å². The fourth-order valence-electron chi connectivity index (χ4n) is 2.31. The molecule has 2 aromatic heterocycles. The lowest BCUT2D eigenvalue weighted by molar-refractivity contribution is -0.127. The van der Waals surface area contributed by atoms with E-state index in [9.17, 15) is 4.79 Å². The maximum absolute atomic E-state index is 11.5. The van der Waals surface area contributed by atoms with Crippen molar-refractivity contribution in [1.29, 1.82) is 0 Å². The average Bonchev–Trinajstić information content (AvgIpc) is 2.93. The summed E-state index contributed by atoms with van der Waals surface area (Å²) in [5, 5.41) is 9.30. The molecule has 94 valence electrons. The molecule has 18 heavy (non-hydrogen) atoms. The molecule has 1 aliphatic rings. The van der Waals surface area contributed by atoms with Gasteiger partial charge in [0.15, 0.2) is 10.8 Å². The minimum Gasteiger partial charge on any atom is -0.341 e. The minimum atomic E-state index is 0.251. The van der Waals surface area contributed by atoms with Crippen LogP contribution in [0.25, 0.3) is 11.0 Å². The lowest BCUT2D eigenvalue weighted by Gasteiger charge is -2.15. The van der Waals surface area contributed by atoms with Crippen molar-refractivity contribution >= 4 is 28.5 Å². The number of halogens is 1. The van der Waals surface area contributed by atoms with E-state index in [-0.39, 0.29) is 5.91 Å². The van der Waals surface area contributed by atoms with Crippen molar-refractivity contribution in [3.05, 3.63) is 23.5 Å². The fraction of sp³-hybridized carbons (Fsp3) is 0.417. The summed E-state index contributed by atoms with van der Waals surface area (Å²) in [5.74, 6) is 0.251. The van der Waals surface area contributed by atoms with Gasteiger partial charge in [-0.25, -0.2) is 0 Å². The number of amides is 1. The molecule has 1 amide bonds. The molecule has 0 bridgehead atoms. The number of carbonyl (C=O) groups is 1. The van der Waals surface area contributed by atoms with Crippen molar-refractivity contribution in [2.24, 2.45) is 0 Å². The molecule has 0 spiro atoms. The summed E-state index contributed by atoms with van der Waals surface area (Å²) in [4.78, 5) is 13.4. The Labute approximate surface area is 109 Å². The molecule has 0 N–H and O–H groups in total. The number of rotatable bonds is 3. The molecular formula is C12H13ClN4O. The summed E-state index contributed by atoms with van der Waals surface area (Å²) in [7, 11) is 0. The zero-order chi connectivity index (χ0) is 12.5. The summed E-state index contributed by atoms with van der Waals surface area (Å²) in [6.45, 7) is 2.34. The molecular weight excluding hydrogens is 252 g/mol. The Bertz CT molecular complexity index is 595. The molecule has 6 heteroatoms. The molecule has 0 saturated carbocycles. The summed E-state index contributed by atoms with van der Waals surface area (Å²) in [6.07, 6.45) is 3.61. The first-order valence-corrected chi connectivity index (χ1v) is 6.38. The van der Waals surface area contributed by atoms with E-state index in [0.29, 0.717) is 11.6 Å². The van der Waals surface area contributed by atoms with Gasteiger partial charge in [0.25, 0.3) is 0 Å². The van der Waals surface area contributed by atoms with Crippen molar-refractivity contribution in [1.82, 2.24) is 19.7 Å². The van der Waals surface area contributed by atoms with Crippen LogP contribution in [-0.2, 0) is 11.3 Å². The van der Waals surface area contributed by atoms with Crippen LogP contribution in [-0.4, -0.2) is 38.7 Å². The Balaban J connectivity index is 1.76. The third-order valence-electron chi connectivity index (χ3n) is 3.26. The van der Waals surface area contributed by atoms with Crippen LogP contribution in [0, 0.1) is 0 Å². The number of aromatic nitrogens is 3. The van der Waals surface area contributed by atoms with Crippen LogP contribution in [0.1, 0.15) is 12.8 Å². The largest absolute Gasteiger partial charge is 0.341 e. The van der Waals surface area contributed by atoms with Gasteiger partial charge in [0.1, 0.15) is 0 Å². The smallest absolute Gasteiger partial charge is 0.222 e. The summed E-state index contributed by atoms with van der Waals surface area (Å²) in [5.41, 5.74) is 0.811. The molecule has 5 nitrogen and oxygen atoms in total. The average molecular weight is 265 g/mol. The summed E-state index contributed by atoms with van der Waals surface area (Å²) in [6, 6.07) is 3.75. The van der Waals surface area contributed by atoms with Crippen molar-refractivity contribution in [2.45, 2.75) is 19.4 Å². The van der Waals surface area contributed by atoms with Gasteiger partial charge in [-0.2, -0.15) is 0 Å². The zero-order valence-electron chi connectivity index (χ0n) is 9.84. The number of hydrogen-bond acceptors (Lipinski definition) is 3. The number of nitrogens with zero attached hydrogens (tertiary/aromatic N) is 4. The molecule has 0 aliphatic carbocycles. The third-order valence-corrected chi connectivity index (χ3v) is 3.45. The lowest BCUT2D eigenvalue weighted by atomic mass is 10.4. The quantitative estimate of drug-likeness (QED) is 0.848. The lowest BCUT2D eigenvalue weighted by Crippen LogP contribution is -2.28. The zero-order valence-corrected chi connectivity index (χ0v) is 10.6. The molecule has 0 radical (unpaired) electrons. The van der Waals surface area contributed by atoms with Gasteiger partial charge in [-0.1, -0.05) is 11.6 Å². The van der Waals surface area contributed by atoms with E-state index in [4.69, 9.17) is 11.6 Å². The number of likely N-dealkylation sites (tertiary alicyclic amines) is 1. The Morgan fingerprint density at radius 2 is 2.22 bits per heavy atom. The van der Waals surface area contributed by atoms with Crippen LogP contribution in [0.15, 0.2) is 18.3 Å². The fourth-order valence-corrected chi connectivity index (χ4v) is 2.47. The highest BCUT2D eigenvalue weighted by Crippen LogP contribution is 2.16. The Hall–Kier alpha value is -1.62. The highest BCUT2D eigenvalue weighted by molar-refractivity contribution is 6.29. The Kier molecular flexibility index (Phi) is 2.91. The SMILES string of the molecule is O=C1CCCN1CCn1ccc2cc(Cl)nnc21. The molecule has 0 atom stereocenters. The van der Waals surface area contributed by atoms with E-state index in [1.165, 1.54) is 0 Å². The highest BCUT2D eigenvalue weighted by Gasteiger charge is 2.19. The predicted molar refractivity (Wildman–Crippen MR) is 68.4 cm³/mol.